The summed E-state index contributed by atoms with van der Waals surface area (Å²) in [7, 11) is 0. The third-order valence-electron chi connectivity index (χ3n) is 3.66. The predicted molar refractivity (Wildman–Crippen MR) is 94.2 cm³/mol. The Kier molecular flexibility index (Phi) is 6.03. The summed E-state index contributed by atoms with van der Waals surface area (Å²) in [5.74, 6) is 0.942. The first-order chi connectivity index (χ1) is 11.1. The molecule has 0 aliphatic heterocycles. The van der Waals surface area contributed by atoms with Crippen LogP contribution in [-0.4, -0.2) is 19.2 Å². The number of amides is 2. The quantitative estimate of drug-likeness (QED) is 0.785. The first-order valence-corrected chi connectivity index (χ1v) is 7.87. The molecule has 2 aromatic carbocycles. The molecular weight excluding hydrogens is 288 g/mol. The van der Waals surface area contributed by atoms with E-state index in [0.717, 1.165) is 34.5 Å². The number of hydrogen-bond acceptors (Lipinski definition) is 2. The van der Waals surface area contributed by atoms with Crippen molar-refractivity contribution in [2.75, 3.05) is 18.5 Å². The van der Waals surface area contributed by atoms with Crippen molar-refractivity contribution in [3.05, 3.63) is 59.2 Å². The average molecular weight is 312 g/mol. The Labute approximate surface area is 137 Å². The molecule has 2 amide bonds. The number of benzene rings is 2. The van der Waals surface area contributed by atoms with E-state index in [0.29, 0.717) is 13.2 Å². The van der Waals surface area contributed by atoms with E-state index < -0.39 is 0 Å². The number of ether oxygens (including phenoxy) is 1. The minimum Gasteiger partial charge on any atom is -0.493 e. The Bertz CT molecular complexity index is 648. The van der Waals surface area contributed by atoms with Crippen molar-refractivity contribution in [3.63, 3.8) is 0 Å². The lowest BCUT2D eigenvalue weighted by molar-refractivity contribution is 0.250. The van der Waals surface area contributed by atoms with Gasteiger partial charge in [-0.05, 0) is 49.9 Å². The normalized spacial score (nSPS) is 10.2. The standard InChI is InChI=1S/C19H24N2O2/c1-14-8-4-5-11-17(14)21-19(22)20-12-7-13-23-18-15(2)9-6-10-16(18)3/h4-6,8-11H,7,12-13H2,1-3H3,(H2,20,21,22). The number of para-hydroxylation sites is 2. The van der Waals surface area contributed by atoms with Gasteiger partial charge in [0.15, 0.2) is 0 Å². The van der Waals surface area contributed by atoms with Gasteiger partial charge in [0.25, 0.3) is 0 Å². The predicted octanol–water partition coefficient (Wildman–Crippen LogP) is 4.20. The van der Waals surface area contributed by atoms with E-state index in [4.69, 9.17) is 4.74 Å². The summed E-state index contributed by atoms with van der Waals surface area (Å²) in [6.45, 7) is 7.19. The van der Waals surface area contributed by atoms with Crippen molar-refractivity contribution in [1.29, 1.82) is 0 Å². The topological polar surface area (TPSA) is 50.4 Å². The molecule has 0 saturated heterocycles. The number of anilines is 1. The van der Waals surface area contributed by atoms with Gasteiger partial charge in [0, 0.05) is 12.2 Å². The molecule has 4 nitrogen and oxygen atoms in total. The van der Waals surface area contributed by atoms with E-state index >= 15 is 0 Å². The third kappa shape index (κ3) is 5.02. The van der Waals surface area contributed by atoms with E-state index in [1.807, 2.05) is 63.2 Å². The summed E-state index contributed by atoms with van der Waals surface area (Å²) < 4.78 is 5.82. The molecule has 0 aromatic heterocycles. The molecule has 0 spiro atoms. The van der Waals surface area contributed by atoms with Crippen molar-refractivity contribution in [2.45, 2.75) is 27.2 Å². The molecule has 2 N–H and O–H groups in total. The van der Waals surface area contributed by atoms with E-state index in [2.05, 4.69) is 10.6 Å². The molecule has 0 bridgehead atoms. The molecule has 0 unspecified atom stereocenters. The SMILES string of the molecule is Cc1ccccc1NC(=O)NCCCOc1c(C)cccc1C. The Balaban J connectivity index is 1.69. The summed E-state index contributed by atoms with van der Waals surface area (Å²) in [4.78, 5) is 11.8. The fourth-order valence-electron chi connectivity index (χ4n) is 2.35. The minimum absolute atomic E-state index is 0.189. The van der Waals surface area contributed by atoms with Crippen LogP contribution in [-0.2, 0) is 0 Å². The molecule has 0 heterocycles. The van der Waals surface area contributed by atoms with Crippen molar-refractivity contribution in [1.82, 2.24) is 5.32 Å². The summed E-state index contributed by atoms with van der Waals surface area (Å²) in [5.41, 5.74) is 4.14. The first-order valence-electron chi connectivity index (χ1n) is 7.87. The molecule has 0 atom stereocenters. The Morgan fingerprint density at radius 2 is 1.61 bits per heavy atom. The molecule has 0 aliphatic carbocycles. The first kappa shape index (κ1) is 16.9. The number of nitrogens with one attached hydrogen (secondary N) is 2. The smallest absolute Gasteiger partial charge is 0.319 e. The second-order valence-electron chi connectivity index (χ2n) is 5.62. The van der Waals surface area contributed by atoms with E-state index in [9.17, 15) is 4.79 Å². The molecule has 23 heavy (non-hydrogen) atoms. The molecule has 2 aromatic rings. The monoisotopic (exact) mass is 312 g/mol. The fraction of sp³-hybridized carbons (Fsp3) is 0.316. The molecule has 0 radical (unpaired) electrons. The van der Waals surface area contributed by atoms with Gasteiger partial charge in [-0.1, -0.05) is 36.4 Å². The third-order valence-corrected chi connectivity index (χ3v) is 3.66. The van der Waals surface area contributed by atoms with Crippen molar-refractivity contribution >= 4 is 11.7 Å². The number of rotatable bonds is 6. The lowest BCUT2D eigenvalue weighted by atomic mass is 10.1. The summed E-state index contributed by atoms with van der Waals surface area (Å²) in [6, 6.07) is 13.6. The van der Waals surface area contributed by atoms with Gasteiger partial charge < -0.3 is 15.4 Å². The second-order valence-corrected chi connectivity index (χ2v) is 5.62. The summed E-state index contributed by atoms with van der Waals surface area (Å²) in [5, 5.41) is 5.69. The highest BCUT2D eigenvalue weighted by molar-refractivity contribution is 5.89. The minimum atomic E-state index is -0.189. The highest BCUT2D eigenvalue weighted by Gasteiger charge is 2.04. The summed E-state index contributed by atoms with van der Waals surface area (Å²) in [6.07, 6.45) is 0.759. The number of carbonyl (C=O) groups is 1. The highest BCUT2D eigenvalue weighted by Crippen LogP contribution is 2.22. The molecule has 4 heteroatoms. The zero-order valence-corrected chi connectivity index (χ0v) is 14.0. The Morgan fingerprint density at radius 3 is 2.30 bits per heavy atom. The van der Waals surface area contributed by atoms with Crippen LogP contribution < -0.4 is 15.4 Å². The van der Waals surface area contributed by atoms with Gasteiger partial charge in [-0.15, -0.1) is 0 Å². The van der Waals surface area contributed by atoms with Crippen molar-refractivity contribution < 1.29 is 9.53 Å². The number of urea groups is 1. The molecule has 122 valence electrons. The molecule has 0 saturated carbocycles. The maximum absolute atomic E-state index is 11.8. The van der Waals surface area contributed by atoms with Gasteiger partial charge in [-0.3, -0.25) is 0 Å². The lowest BCUT2D eigenvalue weighted by Gasteiger charge is -2.12. The van der Waals surface area contributed by atoms with E-state index in [1.54, 1.807) is 0 Å². The number of hydrogen-bond donors (Lipinski definition) is 2. The van der Waals surface area contributed by atoms with Gasteiger partial charge >= 0.3 is 6.03 Å². The van der Waals surface area contributed by atoms with Crippen LogP contribution in [0.4, 0.5) is 10.5 Å². The zero-order valence-electron chi connectivity index (χ0n) is 14.0. The highest BCUT2D eigenvalue weighted by atomic mass is 16.5. The van der Waals surface area contributed by atoms with Gasteiger partial charge in [-0.25, -0.2) is 4.79 Å². The summed E-state index contributed by atoms with van der Waals surface area (Å²) >= 11 is 0. The van der Waals surface area contributed by atoms with Crippen LogP contribution in [0.1, 0.15) is 23.1 Å². The molecule has 0 fully saturated rings. The van der Waals surface area contributed by atoms with Crippen LogP contribution in [0.5, 0.6) is 5.75 Å². The molecule has 0 aliphatic rings. The maximum Gasteiger partial charge on any atom is 0.319 e. The van der Waals surface area contributed by atoms with Gasteiger partial charge in [-0.2, -0.15) is 0 Å². The van der Waals surface area contributed by atoms with Gasteiger partial charge in [0.2, 0.25) is 0 Å². The van der Waals surface area contributed by atoms with E-state index in [-0.39, 0.29) is 6.03 Å². The Hall–Kier alpha value is -2.49. The van der Waals surface area contributed by atoms with Crippen LogP contribution in [0.15, 0.2) is 42.5 Å². The van der Waals surface area contributed by atoms with Gasteiger partial charge in [0.05, 0.1) is 6.61 Å². The molecular formula is C19H24N2O2. The number of carbonyl (C=O) groups excluding carboxylic acids is 1. The lowest BCUT2D eigenvalue weighted by Crippen LogP contribution is -2.30. The largest absolute Gasteiger partial charge is 0.493 e. The van der Waals surface area contributed by atoms with Crippen LogP contribution in [0, 0.1) is 20.8 Å². The van der Waals surface area contributed by atoms with Crippen LogP contribution in [0.25, 0.3) is 0 Å². The maximum atomic E-state index is 11.8. The van der Waals surface area contributed by atoms with Crippen LogP contribution in [0.2, 0.25) is 0 Å². The number of aryl methyl sites for hydroxylation is 3. The van der Waals surface area contributed by atoms with Gasteiger partial charge in [0.1, 0.15) is 5.75 Å². The van der Waals surface area contributed by atoms with Crippen LogP contribution in [0.3, 0.4) is 0 Å². The Morgan fingerprint density at radius 1 is 0.957 bits per heavy atom. The van der Waals surface area contributed by atoms with Crippen molar-refractivity contribution in [3.8, 4) is 5.75 Å². The zero-order chi connectivity index (χ0) is 16.7. The van der Waals surface area contributed by atoms with Crippen LogP contribution >= 0.6 is 0 Å². The fourth-order valence-corrected chi connectivity index (χ4v) is 2.35. The second kappa shape index (κ2) is 8.22. The van der Waals surface area contributed by atoms with Crippen molar-refractivity contribution in [2.24, 2.45) is 0 Å². The molecule has 2 rings (SSSR count). The average Bonchev–Trinajstić information content (AvgIpc) is 2.52. The van der Waals surface area contributed by atoms with E-state index in [1.165, 1.54) is 0 Å².